The number of thiazole rings is 1. The molecule has 4 rings (SSSR count). The van der Waals surface area contributed by atoms with Gasteiger partial charge in [0.15, 0.2) is 5.13 Å². The van der Waals surface area contributed by atoms with Crippen molar-refractivity contribution in [2.45, 2.75) is 0 Å². The van der Waals surface area contributed by atoms with E-state index in [1.807, 2.05) is 41.8 Å². The number of fused-ring (bicyclic) bond motifs is 1. The van der Waals surface area contributed by atoms with Gasteiger partial charge in [-0.15, -0.1) is 11.3 Å². The van der Waals surface area contributed by atoms with Gasteiger partial charge in [0.2, 0.25) is 0 Å². The first-order valence-electron chi connectivity index (χ1n) is 7.19. The number of benzene rings is 1. The number of nitrogens with zero attached hydrogens (tertiary/aromatic N) is 4. The predicted octanol–water partition coefficient (Wildman–Crippen LogP) is 3.40. The number of para-hydroxylation sites is 2. The molecule has 3 aromatic heterocycles. The fourth-order valence-corrected chi connectivity index (χ4v) is 2.92. The number of nitrogens with one attached hydrogen (secondary N) is 1. The van der Waals surface area contributed by atoms with Gasteiger partial charge in [-0.1, -0.05) is 12.1 Å². The van der Waals surface area contributed by atoms with Crippen LogP contribution in [0.2, 0.25) is 0 Å². The van der Waals surface area contributed by atoms with E-state index in [4.69, 9.17) is 0 Å². The molecule has 0 aliphatic heterocycles. The summed E-state index contributed by atoms with van der Waals surface area (Å²) in [5.74, 6) is -0.333. The number of carbonyl (C=O) groups is 1. The highest BCUT2D eigenvalue weighted by atomic mass is 32.1. The van der Waals surface area contributed by atoms with E-state index in [1.165, 1.54) is 17.5 Å². The number of aromatic nitrogens is 4. The van der Waals surface area contributed by atoms with E-state index in [-0.39, 0.29) is 11.6 Å². The van der Waals surface area contributed by atoms with Crippen LogP contribution in [0, 0.1) is 0 Å². The van der Waals surface area contributed by atoms with Gasteiger partial charge in [-0.3, -0.25) is 20.1 Å². The molecule has 1 aromatic carbocycles. The molecule has 4 aromatic rings. The summed E-state index contributed by atoms with van der Waals surface area (Å²) in [5, 5.41) is 5.14. The fraction of sp³-hybridized carbons (Fsp3) is 0. The lowest BCUT2D eigenvalue weighted by molar-refractivity contribution is 0.102. The highest BCUT2D eigenvalue weighted by Crippen LogP contribution is 2.24. The van der Waals surface area contributed by atoms with Crippen LogP contribution >= 0.6 is 11.3 Å². The second-order valence-electron chi connectivity index (χ2n) is 4.98. The third kappa shape index (κ3) is 2.84. The van der Waals surface area contributed by atoms with Crippen LogP contribution < -0.4 is 5.32 Å². The van der Waals surface area contributed by atoms with Crippen LogP contribution in [-0.4, -0.2) is 25.8 Å². The van der Waals surface area contributed by atoms with Crippen molar-refractivity contribution in [1.29, 1.82) is 0 Å². The molecule has 0 spiro atoms. The van der Waals surface area contributed by atoms with Crippen LogP contribution in [-0.2, 0) is 0 Å². The molecular formula is C17H11N5OS. The average molecular weight is 333 g/mol. The van der Waals surface area contributed by atoms with Crippen LogP contribution in [0.1, 0.15) is 10.5 Å². The lowest BCUT2D eigenvalue weighted by Crippen LogP contribution is -2.14. The van der Waals surface area contributed by atoms with E-state index >= 15 is 0 Å². The van der Waals surface area contributed by atoms with Crippen LogP contribution in [0.15, 0.2) is 60.4 Å². The Hall–Kier alpha value is -3.19. The molecule has 0 unspecified atom stereocenters. The molecule has 0 bridgehead atoms. The fourth-order valence-electron chi connectivity index (χ4n) is 2.21. The molecule has 7 heteroatoms. The summed E-state index contributed by atoms with van der Waals surface area (Å²) >= 11 is 1.35. The van der Waals surface area contributed by atoms with Crippen molar-refractivity contribution in [1.82, 2.24) is 19.9 Å². The molecule has 0 fully saturated rings. The van der Waals surface area contributed by atoms with Crippen LogP contribution in [0.4, 0.5) is 5.13 Å². The third-order valence-corrected chi connectivity index (χ3v) is 4.12. The van der Waals surface area contributed by atoms with Gasteiger partial charge >= 0.3 is 0 Å². The first kappa shape index (κ1) is 14.4. The largest absolute Gasteiger partial charge is 0.296 e. The topological polar surface area (TPSA) is 80.7 Å². The minimum absolute atomic E-state index is 0.256. The lowest BCUT2D eigenvalue weighted by atomic mass is 10.2. The SMILES string of the molecule is O=C(Nc1nc(-c2cccnc2)cs1)c1cnc2ccccc2n1. The quantitative estimate of drug-likeness (QED) is 0.621. The minimum Gasteiger partial charge on any atom is -0.296 e. The number of rotatable bonds is 3. The summed E-state index contributed by atoms with van der Waals surface area (Å²) in [6.07, 6.45) is 4.90. The summed E-state index contributed by atoms with van der Waals surface area (Å²) in [4.78, 5) is 29.4. The zero-order chi connectivity index (χ0) is 16.4. The average Bonchev–Trinajstić information content (AvgIpc) is 3.10. The Morgan fingerprint density at radius 1 is 1.00 bits per heavy atom. The van der Waals surface area contributed by atoms with Crippen molar-refractivity contribution in [3.8, 4) is 11.3 Å². The molecule has 1 N–H and O–H groups in total. The molecule has 6 nitrogen and oxygen atoms in total. The van der Waals surface area contributed by atoms with E-state index in [0.29, 0.717) is 10.6 Å². The maximum Gasteiger partial charge on any atom is 0.277 e. The Balaban J connectivity index is 1.56. The Morgan fingerprint density at radius 3 is 2.71 bits per heavy atom. The molecule has 0 atom stereocenters. The second-order valence-corrected chi connectivity index (χ2v) is 5.84. The Morgan fingerprint density at radius 2 is 1.88 bits per heavy atom. The van der Waals surface area contributed by atoms with Gasteiger partial charge in [0.1, 0.15) is 5.69 Å². The van der Waals surface area contributed by atoms with Gasteiger partial charge in [-0.2, -0.15) is 0 Å². The van der Waals surface area contributed by atoms with Crippen molar-refractivity contribution in [2.24, 2.45) is 0 Å². The zero-order valence-electron chi connectivity index (χ0n) is 12.4. The molecule has 1 amide bonds. The van der Waals surface area contributed by atoms with Crippen molar-refractivity contribution < 1.29 is 4.79 Å². The molecule has 24 heavy (non-hydrogen) atoms. The van der Waals surface area contributed by atoms with Crippen molar-refractivity contribution >= 4 is 33.4 Å². The van der Waals surface area contributed by atoms with Gasteiger partial charge in [0.05, 0.1) is 22.9 Å². The van der Waals surface area contributed by atoms with E-state index in [2.05, 4.69) is 25.3 Å². The smallest absolute Gasteiger partial charge is 0.277 e. The normalized spacial score (nSPS) is 10.7. The molecule has 116 valence electrons. The van der Waals surface area contributed by atoms with E-state index in [0.717, 1.165) is 16.8 Å². The Bertz CT molecular complexity index is 1020. The van der Waals surface area contributed by atoms with E-state index in [1.54, 1.807) is 12.4 Å². The summed E-state index contributed by atoms with van der Waals surface area (Å²) in [5.41, 5.74) is 3.36. The first-order chi connectivity index (χ1) is 11.8. The summed E-state index contributed by atoms with van der Waals surface area (Å²) < 4.78 is 0. The number of pyridine rings is 1. The number of hydrogen-bond donors (Lipinski definition) is 1. The van der Waals surface area contributed by atoms with E-state index in [9.17, 15) is 4.79 Å². The lowest BCUT2D eigenvalue weighted by Gasteiger charge is -2.02. The zero-order valence-corrected chi connectivity index (χ0v) is 13.2. The molecule has 3 heterocycles. The number of anilines is 1. The first-order valence-corrected chi connectivity index (χ1v) is 8.06. The summed E-state index contributed by atoms with van der Waals surface area (Å²) in [7, 11) is 0. The highest BCUT2D eigenvalue weighted by Gasteiger charge is 2.12. The summed E-state index contributed by atoms with van der Waals surface area (Å²) in [6, 6.07) is 11.2. The second kappa shape index (κ2) is 6.13. The van der Waals surface area contributed by atoms with Gasteiger partial charge in [0.25, 0.3) is 5.91 Å². The number of carbonyl (C=O) groups excluding carboxylic acids is 1. The van der Waals surface area contributed by atoms with Crippen molar-refractivity contribution in [3.63, 3.8) is 0 Å². The van der Waals surface area contributed by atoms with Crippen LogP contribution in [0.5, 0.6) is 0 Å². The molecular weight excluding hydrogens is 322 g/mol. The minimum atomic E-state index is -0.333. The van der Waals surface area contributed by atoms with Crippen LogP contribution in [0.3, 0.4) is 0 Å². The molecule has 0 saturated heterocycles. The molecule has 0 radical (unpaired) electrons. The van der Waals surface area contributed by atoms with E-state index < -0.39 is 0 Å². The number of hydrogen-bond acceptors (Lipinski definition) is 6. The van der Waals surface area contributed by atoms with Gasteiger partial charge in [-0.25, -0.2) is 9.97 Å². The summed E-state index contributed by atoms with van der Waals surface area (Å²) in [6.45, 7) is 0. The van der Waals surface area contributed by atoms with Gasteiger partial charge in [0, 0.05) is 23.3 Å². The maximum atomic E-state index is 12.3. The third-order valence-electron chi connectivity index (χ3n) is 3.36. The van der Waals surface area contributed by atoms with Crippen LogP contribution in [0.25, 0.3) is 22.3 Å². The van der Waals surface area contributed by atoms with Crippen molar-refractivity contribution in [3.05, 3.63) is 66.1 Å². The molecule has 0 saturated carbocycles. The maximum absolute atomic E-state index is 12.3. The number of amides is 1. The monoisotopic (exact) mass is 333 g/mol. The van der Waals surface area contributed by atoms with Gasteiger partial charge in [-0.05, 0) is 24.3 Å². The Kier molecular flexibility index (Phi) is 3.68. The van der Waals surface area contributed by atoms with Crippen molar-refractivity contribution in [2.75, 3.05) is 5.32 Å². The Labute approximate surface area is 141 Å². The predicted molar refractivity (Wildman–Crippen MR) is 92.8 cm³/mol. The highest BCUT2D eigenvalue weighted by molar-refractivity contribution is 7.14. The van der Waals surface area contributed by atoms with Gasteiger partial charge < -0.3 is 0 Å². The standard InChI is InChI=1S/C17H11N5OS/c23-16(14-9-19-12-5-1-2-6-13(12)20-14)22-17-21-15(10-24-17)11-4-3-7-18-8-11/h1-10H,(H,21,22,23). The molecule has 0 aliphatic carbocycles. The molecule has 0 aliphatic rings.